The Morgan fingerprint density at radius 1 is 1.14 bits per heavy atom. The summed E-state index contributed by atoms with van der Waals surface area (Å²) in [5, 5.41) is 4.69. The molecule has 0 saturated heterocycles. The van der Waals surface area contributed by atoms with Crippen molar-refractivity contribution in [3.05, 3.63) is 76.6 Å². The van der Waals surface area contributed by atoms with Crippen LogP contribution in [0.2, 0.25) is 5.02 Å². The van der Waals surface area contributed by atoms with E-state index in [9.17, 15) is 13.0 Å². The number of hydrogen-bond donors (Lipinski definition) is 1. The van der Waals surface area contributed by atoms with E-state index in [1.54, 1.807) is 12.1 Å². The summed E-state index contributed by atoms with van der Waals surface area (Å²) in [5.74, 6) is -1.34. The third-order valence-corrected chi connectivity index (χ3v) is 6.11. The van der Waals surface area contributed by atoms with Crippen LogP contribution in [-0.2, 0) is 17.4 Å². The maximum Gasteiger partial charge on any atom is 0.131 e. The van der Waals surface area contributed by atoms with E-state index in [-0.39, 0.29) is 6.42 Å². The third-order valence-electron chi connectivity index (χ3n) is 4.25. The molecule has 2 aromatic carbocycles. The summed E-state index contributed by atoms with van der Waals surface area (Å²) in [7, 11) is -1.44. The minimum absolute atomic E-state index is 0.170. The number of rotatable bonds is 6. The quantitative estimate of drug-likeness (QED) is 0.544. The predicted octanol–water partition coefficient (Wildman–Crippen LogP) is 5.61. The fraction of sp³-hybridized carbons (Fsp3) is 0.286. The molecule has 0 unspecified atom stereocenters. The first-order chi connectivity index (χ1) is 13.6. The van der Waals surface area contributed by atoms with Gasteiger partial charge in [-0.3, -0.25) is 0 Å². The molecule has 0 aliphatic rings. The second-order valence-corrected chi connectivity index (χ2v) is 10.1. The maximum absolute atomic E-state index is 13.7. The van der Waals surface area contributed by atoms with Gasteiger partial charge in [-0.2, -0.15) is 0 Å². The Bertz CT molecular complexity index is 996. The van der Waals surface area contributed by atoms with E-state index >= 15 is 0 Å². The molecule has 0 amide bonds. The summed E-state index contributed by atoms with van der Waals surface area (Å²) in [6.07, 6.45) is 1.66. The molecule has 0 spiro atoms. The van der Waals surface area contributed by atoms with E-state index in [4.69, 9.17) is 16.1 Å². The Morgan fingerprint density at radius 2 is 1.76 bits per heavy atom. The zero-order valence-corrected chi connectivity index (χ0v) is 17.8. The molecule has 0 radical (unpaired) electrons. The monoisotopic (exact) mass is 438 g/mol. The van der Waals surface area contributed by atoms with Gasteiger partial charge in [0.2, 0.25) is 0 Å². The van der Waals surface area contributed by atoms with Gasteiger partial charge in [-0.1, -0.05) is 28.9 Å². The normalized spacial score (nSPS) is 14.0. The van der Waals surface area contributed by atoms with E-state index < -0.39 is 33.4 Å². The van der Waals surface area contributed by atoms with Crippen LogP contribution < -0.4 is 4.72 Å². The van der Waals surface area contributed by atoms with Crippen molar-refractivity contribution in [3.63, 3.8) is 0 Å². The second-order valence-electron chi connectivity index (χ2n) is 7.65. The number of halogens is 3. The average molecular weight is 439 g/mol. The molecule has 3 aromatic rings. The van der Waals surface area contributed by atoms with Crippen LogP contribution in [0.3, 0.4) is 0 Å². The van der Waals surface area contributed by atoms with Crippen molar-refractivity contribution in [3.8, 4) is 11.1 Å². The van der Waals surface area contributed by atoms with Crippen molar-refractivity contribution in [1.29, 1.82) is 0 Å². The van der Waals surface area contributed by atoms with E-state index in [0.29, 0.717) is 21.8 Å². The van der Waals surface area contributed by atoms with Gasteiger partial charge < -0.3 is 4.52 Å². The van der Waals surface area contributed by atoms with Crippen LogP contribution in [0.25, 0.3) is 11.1 Å². The lowest BCUT2D eigenvalue weighted by atomic mass is 9.98. The van der Waals surface area contributed by atoms with Crippen molar-refractivity contribution in [2.24, 2.45) is 0 Å². The highest BCUT2D eigenvalue weighted by Crippen LogP contribution is 2.31. The lowest BCUT2D eigenvalue weighted by Gasteiger charge is -2.24. The highest BCUT2D eigenvalue weighted by Gasteiger charge is 2.28. The van der Waals surface area contributed by atoms with Gasteiger partial charge >= 0.3 is 0 Å². The highest BCUT2D eigenvalue weighted by molar-refractivity contribution is 7.84. The summed E-state index contributed by atoms with van der Waals surface area (Å²) in [6, 6.07) is 9.83. The highest BCUT2D eigenvalue weighted by atomic mass is 35.5. The van der Waals surface area contributed by atoms with Gasteiger partial charge in [0.25, 0.3) is 0 Å². The van der Waals surface area contributed by atoms with Crippen LogP contribution in [0.4, 0.5) is 8.78 Å². The molecule has 0 aliphatic carbocycles. The molecule has 0 bridgehead atoms. The first kappa shape index (κ1) is 21.6. The molecule has 1 N–H and O–H groups in total. The molecule has 1 aromatic heterocycles. The maximum atomic E-state index is 13.7. The minimum Gasteiger partial charge on any atom is -0.364 e. The Hall–Kier alpha value is -2.09. The average Bonchev–Trinajstić information content (AvgIpc) is 3.09. The van der Waals surface area contributed by atoms with Crippen LogP contribution >= 0.6 is 11.6 Å². The zero-order chi connectivity index (χ0) is 21.2. The van der Waals surface area contributed by atoms with Gasteiger partial charge in [0.1, 0.15) is 23.6 Å². The molecule has 4 nitrogen and oxygen atoms in total. The summed E-state index contributed by atoms with van der Waals surface area (Å²) in [4.78, 5) is 0. The molecule has 2 atom stereocenters. The minimum atomic E-state index is -1.44. The lowest BCUT2D eigenvalue weighted by Crippen LogP contribution is -2.36. The topological polar surface area (TPSA) is 55.1 Å². The van der Waals surface area contributed by atoms with E-state index in [0.717, 1.165) is 11.6 Å². The van der Waals surface area contributed by atoms with E-state index in [1.807, 2.05) is 32.9 Å². The predicted molar refractivity (Wildman–Crippen MR) is 111 cm³/mol. The summed E-state index contributed by atoms with van der Waals surface area (Å²) in [5.41, 5.74) is 2.40. The molecule has 29 heavy (non-hydrogen) atoms. The Morgan fingerprint density at radius 3 is 2.34 bits per heavy atom. The van der Waals surface area contributed by atoms with Crippen LogP contribution in [0, 0.1) is 11.6 Å². The van der Waals surface area contributed by atoms with Crippen molar-refractivity contribution >= 4 is 22.6 Å². The Kier molecular flexibility index (Phi) is 6.51. The van der Waals surface area contributed by atoms with Gasteiger partial charge in [-0.25, -0.2) is 17.7 Å². The standard InChI is InChI=1S/C21H21ClF2N2O2S/c1-21(2,3)29(27)26-19(10-13-8-16(23)11-17(24)9-13)20-18(12-28-25-20)14-4-6-15(22)7-5-14/h4-9,11-12,19,26H,10H2,1-3H3/t19-,29+/m1/s1. The van der Waals surface area contributed by atoms with Crippen LogP contribution in [0.5, 0.6) is 0 Å². The summed E-state index contributed by atoms with van der Waals surface area (Å²) >= 11 is 5.97. The SMILES string of the molecule is CC(C)(C)[S@](=O)N[C@H](Cc1cc(F)cc(F)c1)c1nocc1-c1ccc(Cl)cc1. The molecular weight excluding hydrogens is 418 g/mol. The van der Waals surface area contributed by atoms with E-state index in [1.165, 1.54) is 18.4 Å². The van der Waals surface area contributed by atoms with Gasteiger partial charge in [0.15, 0.2) is 0 Å². The van der Waals surface area contributed by atoms with Crippen LogP contribution in [-0.4, -0.2) is 14.1 Å². The molecule has 8 heteroatoms. The van der Waals surface area contributed by atoms with Gasteiger partial charge in [0.05, 0.1) is 21.8 Å². The van der Waals surface area contributed by atoms with Crippen LogP contribution in [0.15, 0.2) is 53.3 Å². The number of aromatic nitrogens is 1. The fourth-order valence-corrected chi connectivity index (χ4v) is 3.74. The van der Waals surface area contributed by atoms with Crippen molar-refractivity contribution < 1.29 is 17.5 Å². The molecule has 3 rings (SSSR count). The van der Waals surface area contributed by atoms with E-state index in [2.05, 4.69) is 9.88 Å². The Balaban J connectivity index is 2.00. The fourth-order valence-electron chi connectivity index (χ4n) is 2.81. The molecular formula is C21H21ClF2N2O2S. The molecule has 0 saturated carbocycles. The van der Waals surface area contributed by atoms with Crippen molar-refractivity contribution in [2.45, 2.75) is 38.0 Å². The summed E-state index contributed by atoms with van der Waals surface area (Å²) < 4.78 is 47.8. The molecule has 154 valence electrons. The van der Waals surface area contributed by atoms with Crippen LogP contribution in [0.1, 0.15) is 38.1 Å². The smallest absolute Gasteiger partial charge is 0.131 e. The van der Waals surface area contributed by atoms with Crippen molar-refractivity contribution in [1.82, 2.24) is 9.88 Å². The lowest BCUT2D eigenvalue weighted by molar-refractivity contribution is 0.402. The number of hydrogen-bond acceptors (Lipinski definition) is 3. The largest absolute Gasteiger partial charge is 0.364 e. The van der Waals surface area contributed by atoms with Gasteiger partial charge in [0, 0.05) is 16.7 Å². The molecule has 0 aliphatic heterocycles. The number of benzene rings is 2. The zero-order valence-electron chi connectivity index (χ0n) is 16.2. The van der Waals surface area contributed by atoms with Gasteiger partial charge in [-0.15, -0.1) is 0 Å². The van der Waals surface area contributed by atoms with Gasteiger partial charge in [-0.05, 0) is 62.6 Å². The third kappa shape index (κ3) is 5.50. The molecule has 0 fully saturated rings. The second kappa shape index (κ2) is 8.73. The van der Waals surface area contributed by atoms with Crippen molar-refractivity contribution in [2.75, 3.05) is 0 Å². The Labute approximate surface area is 175 Å². The summed E-state index contributed by atoms with van der Waals surface area (Å²) in [6.45, 7) is 5.49. The number of nitrogens with one attached hydrogen (secondary N) is 1. The first-order valence-corrected chi connectivity index (χ1v) is 10.5. The first-order valence-electron chi connectivity index (χ1n) is 8.96. The number of nitrogens with zero attached hydrogens (tertiary/aromatic N) is 1. The molecule has 1 heterocycles.